The van der Waals surface area contributed by atoms with Gasteiger partial charge in [0.1, 0.15) is 17.6 Å². The van der Waals surface area contributed by atoms with Crippen LogP contribution in [0.3, 0.4) is 0 Å². The van der Waals surface area contributed by atoms with Gasteiger partial charge in [0.05, 0.1) is 19.6 Å². The average molecular weight is 334 g/mol. The summed E-state index contributed by atoms with van der Waals surface area (Å²) in [6.45, 7) is 0. The van der Waals surface area contributed by atoms with E-state index in [-0.39, 0.29) is 24.6 Å². The predicted molar refractivity (Wildman–Crippen MR) is 94.8 cm³/mol. The quantitative estimate of drug-likeness (QED) is 0.397. The van der Waals surface area contributed by atoms with Crippen molar-refractivity contribution >= 4 is 16.7 Å². The van der Waals surface area contributed by atoms with Crippen molar-refractivity contribution in [3.63, 3.8) is 0 Å². The fraction of sp³-hybridized carbons (Fsp3) is 0.190. The van der Waals surface area contributed by atoms with E-state index in [0.717, 1.165) is 22.1 Å². The van der Waals surface area contributed by atoms with E-state index in [1.807, 2.05) is 60.7 Å². The number of carbonyl (C=O) groups excluding carboxylic acids is 1. The van der Waals surface area contributed by atoms with Crippen molar-refractivity contribution in [3.05, 3.63) is 72.3 Å². The number of ether oxygens (including phenoxy) is 3. The zero-order chi connectivity index (χ0) is 17.2. The van der Waals surface area contributed by atoms with Crippen molar-refractivity contribution in [2.45, 2.75) is 18.6 Å². The molecule has 25 heavy (non-hydrogen) atoms. The van der Waals surface area contributed by atoms with Gasteiger partial charge in [-0.05, 0) is 40.6 Å². The molecule has 3 aromatic rings. The Kier molecular flexibility index (Phi) is 4.12. The summed E-state index contributed by atoms with van der Waals surface area (Å²) in [5, 5.41) is 2.03. The maximum absolute atomic E-state index is 12.2. The Labute approximate surface area is 145 Å². The minimum atomic E-state index is -0.281. The Balaban J connectivity index is 1.39. The van der Waals surface area contributed by atoms with Crippen molar-refractivity contribution in [2.24, 2.45) is 0 Å². The second-order valence-corrected chi connectivity index (χ2v) is 6.06. The summed E-state index contributed by atoms with van der Waals surface area (Å²) in [5.74, 6) is 1.06. The Morgan fingerprint density at radius 3 is 2.36 bits per heavy atom. The van der Waals surface area contributed by atoms with Crippen molar-refractivity contribution in [1.29, 1.82) is 0 Å². The normalized spacial score (nSPS) is 18.8. The summed E-state index contributed by atoms with van der Waals surface area (Å²) >= 11 is 0. The molecule has 4 heteroatoms. The fourth-order valence-electron chi connectivity index (χ4n) is 2.96. The molecule has 1 saturated heterocycles. The molecule has 0 spiro atoms. The van der Waals surface area contributed by atoms with Gasteiger partial charge in [-0.2, -0.15) is 0 Å². The van der Waals surface area contributed by atoms with E-state index in [4.69, 9.17) is 14.2 Å². The third kappa shape index (κ3) is 3.49. The summed E-state index contributed by atoms with van der Waals surface area (Å²) in [7, 11) is 1.64. The second-order valence-electron chi connectivity index (χ2n) is 6.06. The highest BCUT2D eigenvalue weighted by atomic mass is 16.6. The topological polar surface area (TPSA) is 48.1 Å². The molecule has 0 amide bonds. The molecule has 0 aliphatic carbocycles. The van der Waals surface area contributed by atoms with Gasteiger partial charge in [0.15, 0.2) is 0 Å². The molecule has 0 bridgehead atoms. The lowest BCUT2D eigenvalue weighted by atomic mass is 10.1. The molecular formula is C21H18O4. The van der Waals surface area contributed by atoms with Crippen LogP contribution >= 0.6 is 0 Å². The first kappa shape index (κ1) is 15.7. The summed E-state index contributed by atoms with van der Waals surface area (Å²) in [5.41, 5.74) is 1.10. The van der Waals surface area contributed by atoms with Crippen LogP contribution in [0.4, 0.5) is 0 Å². The molecule has 0 aromatic heterocycles. The van der Waals surface area contributed by atoms with Gasteiger partial charge in [0.2, 0.25) is 0 Å². The fourth-order valence-corrected chi connectivity index (χ4v) is 2.96. The lowest BCUT2D eigenvalue weighted by molar-refractivity contribution is -0.134. The van der Waals surface area contributed by atoms with Gasteiger partial charge in [0, 0.05) is 0 Å². The van der Waals surface area contributed by atoms with E-state index in [9.17, 15) is 4.79 Å². The highest BCUT2D eigenvalue weighted by Crippen LogP contribution is 2.40. The predicted octanol–water partition coefficient (Wildman–Crippen LogP) is 4.28. The molecule has 4 rings (SSSR count). The molecule has 0 N–H and O–H groups in total. The zero-order valence-electron chi connectivity index (χ0n) is 13.8. The number of hydrogen-bond donors (Lipinski definition) is 0. The number of rotatable bonds is 5. The first-order chi connectivity index (χ1) is 12.2. The zero-order valence-corrected chi connectivity index (χ0v) is 13.8. The van der Waals surface area contributed by atoms with Crippen LogP contribution in [0.15, 0.2) is 66.7 Å². The van der Waals surface area contributed by atoms with Crippen LogP contribution in [0.2, 0.25) is 0 Å². The molecule has 1 fully saturated rings. The average Bonchev–Trinajstić information content (AvgIpc) is 3.41. The molecule has 0 radical (unpaired) electrons. The number of hydrogen-bond acceptors (Lipinski definition) is 4. The molecule has 3 aromatic carbocycles. The monoisotopic (exact) mass is 334 g/mol. The van der Waals surface area contributed by atoms with Crippen LogP contribution in [-0.4, -0.2) is 19.2 Å². The summed E-state index contributed by atoms with van der Waals surface area (Å²) in [6, 6.07) is 21.3. The Morgan fingerprint density at radius 1 is 0.960 bits per heavy atom. The standard InChI is InChI=1S/C21H18O4/c1-23-17-9-7-16-12-18(10-8-15(16)11-17)24-20(22)13-19-21(25-19)14-5-3-2-4-6-14/h2-12,19,21H,13H2,1H3. The van der Waals surface area contributed by atoms with Crippen LogP contribution in [0.25, 0.3) is 10.8 Å². The molecule has 126 valence electrons. The minimum absolute atomic E-state index is 0.00202. The number of fused-ring (bicyclic) bond motifs is 1. The van der Waals surface area contributed by atoms with E-state index in [2.05, 4.69) is 0 Å². The van der Waals surface area contributed by atoms with Gasteiger partial charge in [0.25, 0.3) is 0 Å². The van der Waals surface area contributed by atoms with Crippen molar-refractivity contribution in [1.82, 2.24) is 0 Å². The number of esters is 1. The Hall–Kier alpha value is -2.85. The number of epoxide rings is 1. The SMILES string of the molecule is COc1ccc2cc(OC(=O)CC3OC3c3ccccc3)ccc2c1. The van der Waals surface area contributed by atoms with E-state index in [1.165, 1.54) is 0 Å². The summed E-state index contributed by atoms with van der Waals surface area (Å²) < 4.78 is 16.3. The first-order valence-electron chi connectivity index (χ1n) is 8.22. The molecule has 4 nitrogen and oxygen atoms in total. The number of methoxy groups -OCH3 is 1. The highest BCUT2D eigenvalue weighted by Gasteiger charge is 2.41. The van der Waals surface area contributed by atoms with Crippen molar-refractivity contribution in [3.8, 4) is 11.5 Å². The van der Waals surface area contributed by atoms with Gasteiger partial charge in [-0.25, -0.2) is 0 Å². The number of benzene rings is 3. The minimum Gasteiger partial charge on any atom is -0.497 e. The Morgan fingerprint density at radius 2 is 1.64 bits per heavy atom. The Bertz CT molecular complexity index is 904. The molecule has 2 atom stereocenters. The van der Waals surface area contributed by atoms with E-state index in [0.29, 0.717) is 5.75 Å². The largest absolute Gasteiger partial charge is 0.497 e. The second kappa shape index (κ2) is 6.57. The van der Waals surface area contributed by atoms with Crippen molar-refractivity contribution < 1.29 is 19.0 Å². The third-order valence-corrected chi connectivity index (χ3v) is 4.33. The summed E-state index contributed by atoms with van der Waals surface area (Å²) in [4.78, 5) is 12.2. The smallest absolute Gasteiger partial charge is 0.313 e. The van der Waals surface area contributed by atoms with Gasteiger partial charge >= 0.3 is 5.97 Å². The van der Waals surface area contributed by atoms with Crippen LogP contribution in [0.5, 0.6) is 11.5 Å². The molecule has 1 aliphatic rings. The van der Waals surface area contributed by atoms with Gasteiger partial charge in [-0.15, -0.1) is 0 Å². The van der Waals surface area contributed by atoms with Crippen molar-refractivity contribution in [2.75, 3.05) is 7.11 Å². The van der Waals surface area contributed by atoms with E-state index >= 15 is 0 Å². The van der Waals surface area contributed by atoms with E-state index in [1.54, 1.807) is 13.2 Å². The molecular weight excluding hydrogens is 316 g/mol. The van der Waals surface area contributed by atoms with Crippen LogP contribution in [0, 0.1) is 0 Å². The van der Waals surface area contributed by atoms with Crippen LogP contribution in [-0.2, 0) is 9.53 Å². The van der Waals surface area contributed by atoms with Gasteiger partial charge in [-0.3, -0.25) is 4.79 Å². The molecule has 2 unspecified atom stereocenters. The molecule has 0 saturated carbocycles. The lowest BCUT2D eigenvalue weighted by Gasteiger charge is -2.06. The van der Waals surface area contributed by atoms with Crippen LogP contribution < -0.4 is 9.47 Å². The van der Waals surface area contributed by atoms with E-state index < -0.39 is 0 Å². The summed E-state index contributed by atoms with van der Waals surface area (Å²) in [6.07, 6.45) is 0.151. The maximum Gasteiger partial charge on any atom is 0.313 e. The maximum atomic E-state index is 12.2. The molecule has 1 aliphatic heterocycles. The van der Waals surface area contributed by atoms with Gasteiger partial charge < -0.3 is 14.2 Å². The molecule has 1 heterocycles. The number of carbonyl (C=O) groups is 1. The van der Waals surface area contributed by atoms with Gasteiger partial charge in [-0.1, -0.05) is 42.5 Å². The van der Waals surface area contributed by atoms with Crippen LogP contribution in [0.1, 0.15) is 18.1 Å². The third-order valence-electron chi connectivity index (χ3n) is 4.33. The lowest BCUT2D eigenvalue weighted by Crippen LogP contribution is -2.11. The first-order valence-corrected chi connectivity index (χ1v) is 8.22. The highest BCUT2D eigenvalue weighted by molar-refractivity contribution is 5.86.